The molecule has 1 aromatic heterocycles. The first-order valence-corrected chi connectivity index (χ1v) is 8.93. The van der Waals surface area contributed by atoms with Gasteiger partial charge in [0, 0.05) is 34.1 Å². The van der Waals surface area contributed by atoms with E-state index in [4.69, 9.17) is 11.6 Å². The van der Waals surface area contributed by atoms with Gasteiger partial charge in [-0.15, -0.1) is 0 Å². The predicted molar refractivity (Wildman–Crippen MR) is 102 cm³/mol. The van der Waals surface area contributed by atoms with E-state index in [0.29, 0.717) is 11.6 Å². The van der Waals surface area contributed by atoms with Gasteiger partial charge in [-0.1, -0.05) is 37.6 Å². The third kappa shape index (κ3) is 3.34. The molecule has 3 nitrogen and oxygen atoms in total. The number of benzene rings is 2. The molecule has 2 atom stereocenters. The number of aryl methyl sites for hydroxylation is 1. The molecule has 1 N–H and O–H groups in total. The van der Waals surface area contributed by atoms with Crippen LogP contribution in [0, 0.1) is 18.7 Å². The van der Waals surface area contributed by atoms with Gasteiger partial charge in [-0.2, -0.15) is 0 Å². The van der Waals surface area contributed by atoms with Crippen molar-refractivity contribution >= 4 is 28.5 Å². The Kier molecular flexibility index (Phi) is 5.05. The number of aliphatic carboxylic acids is 1. The summed E-state index contributed by atoms with van der Waals surface area (Å²) in [4.78, 5) is 11.5. The summed E-state index contributed by atoms with van der Waals surface area (Å²) in [7, 11) is 0. The van der Waals surface area contributed by atoms with Crippen LogP contribution in [-0.2, 0) is 11.3 Å². The highest BCUT2D eigenvalue weighted by Gasteiger charge is 2.27. The first kappa shape index (κ1) is 18.5. The highest BCUT2D eigenvalue weighted by Crippen LogP contribution is 2.35. The molecule has 0 spiro atoms. The Labute approximate surface area is 157 Å². The summed E-state index contributed by atoms with van der Waals surface area (Å²) >= 11 is 5.98. The Bertz CT molecular complexity index is 962. The Balaban J connectivity index is 2.19. The normalized spacial score (nSPS) is 13.7. The fourth-order valence-corrected chi connectivity index (χ4v) is 3.62. The molecule has 0 aliphatic carbocycles. The minimum atomic E-state index is -0.841. The maximum atomic E-state index is 13.8. The van der Waals surface area contributed by atoms with Gasteiger partial charge in [-0.3, -0.25) is 4.79 Å². The van der Waals surface area contributed by atoms with Gasteiger partial charge in [-0.05, 0) is 48.4 Å². The van der Waals surface area contributed by atoms with Crippen molar-refractivity contribution in [2.75, 3.05) is 0 Å². The lowest BCUT2D eigenvalue weighted by Gasteiger charge is -2.21. The molecule has 2 aromatic carbocycles. The first-order valence-electron chi connectivity index (χ1n) is 8.55. The van der Waals surface area contributed by atoms with Crippen LogP contribution in [0.2, 0.25) is 5.02 Å². The molecule has 5 heteroatoms. The van der Waals surface area contributed by atoms with Crippen molar-refractivity contribution in [1.82, 2.24) is 4.57 Å². The van der Waals surface area contributed by atoms with Gasteiger partial charge < -0.3 is 9.67 Å². The topological polar surface area (TPSA) is 42.2 Å². The average Bonchev–Trinajstić information content (AvgIpc) is 2.87. The fourth-order valence-electron chi connectivity index (χ4n) is 3.49. The molecule has 0 aliphatic heterocycles. The zero-order valence-corrected chi connectivity index (χ0v) is 15.7. The highest BCUT2D eigenvalue weighted by molar-refractivity contribution is 6.30. The number of nitrogens with zero attached hydrogens (tertiary/aromatic N) is 1. The van der Waals surface area contributed by atoms with Crippen LogP contribution in [0.5, 0.6) is 0 Å². The zero-order chi connectivity index (χ0) is 19.0. The molecule has 26 heavy (non-hydrogen) atoms. The van der Waals surface area contributed by atoms with Gasteiger partial charge >= 0.3 is 5.97 Å². The molecule has 0 bridgehead atoms. The number of hydrogen-bond acceptors (Lipinski definition) is 1. The Morgan fingerprint density at radius 2 is 1.85 bits per heavy atom. The molecule has 0 saturated carbocycles. The number of carboxylic acids is 1. The summed E-state index contributed by atoms with van der Waals surface area (Å²) < 4.78 is 15.9. The summed E-state index contributed by atoms with van der Waals surface area (Å²) in [5.74, 6) is -1.90. The van der Waals surface area contributed by atoms with Crippen molar-refractivity contribution in [2.45, 2.75) is 33.2 Å². The summed E-state index contributed by atoms with van der Waals surface area (Å²) in [6.45, 7) is 6.12. The second kappa shape index (κ2) is 7.12. The number of carbonyl (C=O) groups is 1. The first-order chi connectivity index (χ1) is 12.3. The predicted octanol–water partition coefficient (Wildman–Crippen LogP) is 5.61. The lowest BCUT2D eigenvalue weighted by Crippen LogP contribution is -2.20. The van der Waals surface area contributed by atoms with Crippen molar-refractivity contribution in [3.63, 3.8) is 0 Å². The van der Waals surface area contributed by atoms with Crippen molar-refractivity contribution in [3.05, 3.63) is 70.1 Å². The van der Waals surface area contributed by atoms with Crippen molar-refractivity contribution in [2.24, 2.45) is 5.92 Å². The van der Waals surface area contributed by atoms with Crippen LogP contribution in [0.1, 0.15) is 36.6 Å². The maximum absolute atomic E-state index is 13.8. The molecule has 0 amide bonds. The molecule has 0 fully saturated rings. The zero-order valence-electron chi connectivity index (χ0n) is 15.0. The van der Waals surface area contributed by atoms with Crippen LogP contribution in [0.4, 0.5) is 4.39 Å². The SMILES string of the molecule is Cc1c(C(C)C(C)C(=O)O)n(Cc2ccc(Cl)cc2)c2ccc(F)cc12. The largest absolute Gasteiger partial charge is 0.481 e. The molecule has 1 heterocycles. The minimum Gasteiger partial charge on any atom is -0.481 e. The average molecular weight is 374 g/mol. The van der Waals surface area contributed by atoms with Gasteiger partial charge in [0.05, 0.1) is 5.92 Å². The fraction of sp³-hybridized carbons (Fsp3) is 0.286. The summed E-state index contributed by atoms with van der Waals surface area (Å²) in [6, 6.07) is 12.3. The molecule has 0 radical (unpaired) electrons. The number of hydrogen-bond donors (Lipinski definition) is 1. The van der Waals surface area contributed by atoms with Crippen LogP contribution in [0.15, 0.2) is 42.5 Å². The van der Waals surface area contributed by atoms with E-state index in [1.54, 1.807) is 13.0 Å². The molecule has 2 unspecified atom stereocenters. The molecular formula is C21H21ClFNO2. The summed E-state index contributed by atoms with van der Waals surface area (Å²) in [5.41, 5.74) is 3.80. The van der Waals surface area contributed by atoms with E-state index in [9.17, 15) is 14.3 Å². The summed E-state index contributed by atoms with van der Waals surface area (Å²) in [6.07, 6.45) is 0. The smallest absolute Gasteiger partial charge is 0.306 e. The third-order valence-electron chi connectivity index (χ3n) is 5.15. The number of rotatable bonds is 5. The van der Waals surface area contributed by atoms with E-state index in [2.05, 4.69) is 4.57 Å². The van der Waals surface area contributed by atoms with E-state index in [1.807, 2.05) is 38.1 Å². The van der Waals surface area contributed by atoms with E-state index >= 15 is 0 Å². The van der Waals surface area contributed by atoms with Crippen molar-refractivity contribution < 1.29 is 14.3 Å². The molecule has 3 rings (SSSR count). The number of aromatic nitrogens is 1. The Hall–Kier alpha value is -2.33. The van der Waals surface area contributed by atoms with E-state index in [1.165, 1.54) is 12.1 Å². The van der Waals surface area contributed by atoms with Crippen LogP contribution in [0.25, 0.3) is 10.9 Å². The van der Waals surface area contributed by atoms with Gasteiger partial charge in [0.25, 0.3) is 0 Å². The van der Waals surface area contributed by atoms with Gasteiger partial charge in [0.1, 0.15) is 5.82 Å². The Morgan fingerprint density at radius 1 is 1.19 bits per heavy atom. The highest BCUT2D eigenvalue weighted by atomic mass is 35.5. The van der Waals surface area contributed by atoms with E-state index < -0.39 is 11.9 Å². The van der Waals surface area contributed by atoms with E-state index in [-0.39, 0.29) is 11.7 Å². The summed E-state index contributed by atoms with van der Waals surface area (Å²) in [5, 5.41) is 10.9. The van der Waals surface area contributed by atoms with Crippen molar-refractivity contribution in [3.8, 4) is 0 Å². The monoisotopic (exact) mass is 373 g/mol. The molecule has 0 aliphatic rings. The number of fused-ring (bicyclic) bond motifs is 1. The molecule has 0 saturated heterocycles. The lowest BCUT2D eigenvalue weighted by atomic mass is 9.90. The second-order valence-corrected chi connectivity index (χ2v) is 7.24. The van der Waals surface area contributed by atoms with Crippen LogP contribution >= 0.6 is 11.6 Å². The number of carboxylic acid groups (broad SMARTS) is 1. The van der Waals surface area contributed by atoms with Crippen LogP contribution in [-0.4, -0.2) is 15.6 Å². The molecular weight excluding hydrogens is 353 g/mol. The standard InChI is InChI=1S/C21H21ClFNO2/c1-12(13(2)21(25)26)20-14(3)18-10-17(23)8-9-19(18)24(20)11-15-4-6-16(22)7-5-15/h4-10,12-13H,11H2,1-3H3,(H,25,26). The molecule has 3 aromatic rings. The maximum Gasteiger partial charge on any atom is 0.306 e. The number of halogens is 2. The van der Waals surface area contributed by atoms with Gasteiger partial charge in [-0.25, -0.2) is 4.39 Å². The quantitative estimate of drug-likeness (QED) is 0.631. The molecule has 136 valence electrons. The minimum absolute atomic E-state index is 0.213. The van der Waals surface area contributed by atoms with Gasteiger partial charge in [0.15, 0.2) is 0 Å². The van der Waals surface area contributed by atoms with E-state index in [0.717, 1.165) is 27.7 Å². The van der Waals surface area contributed by atoms with Gasteiger partial charge in [0.2, 0.25) is 0 Å². The Morgan fingerprint density at radius 3 is 2.46 bits per heavy atom. The third-order valence-corrected chi connectivity index (χ3v) is 5.41. The van der Waals surface area contributed by atoms with Crippen LogP contribution < -0.4 is 0 Å². The lowest BCUT2D eigenvalue weighted by molar-refractivity contribution is -0.141. The second-order valence-electron chi connectivity index (χ2n) is 6.80. The van der Waals surface area contributed by atoms with Crippen molar-refractivity contribution in [1.29, 1.82) is 0 Å². The van der Waals surface area contributed by atoms with Crippen LogP contribution in [0.3, 0.4) is 0 Å².